The third-order valence-electron chi connectivity index (χ3n) is 7.63. The summed E-state index contributed by atoms with van der Waals surface area (Å²) < 4.78 is 229. The molecule has 0 aromatic heterocycles. The van der Waals surface area contributed by atoms with Crippen molar-refractivity contribution in [2.24, 2.45) is 20.5 Å². The van der Waals surface area contributed by atoms with Crippen molar-refractivity contribution in [3.8, 4) is 11.5 Å². The van der Waals surface area contributed by atoms with Gasteiger partial charge in [-0.2, -0.15) is 42.1 Å². The van der Waals surface area contributed by atoms with Crippen LogP contribution in [0.25, 0.3) is 10.8 Å². The summed E-state index contributed by atoms with van der Waals surface area (Å²) in [4.78, 5) is -5.40. The van der Waals surface area contributed by atoms with Gasteiger partial charge in [-0.3, -0.25) is 22.8 Å². The lowest BCUT2D eigenvalue weighted by Crippen LogP contribution is -2.16. The van der Waals surface area contributed by atoms with Crippen LogP contribution in [0.2, 0.25) is 0 Å². The minimum absolute atomic E-state index is 0.237. The molecule has 35 heteroatoms. The third-order valence-corrected chi connectivity index (χ3v) is 14.5. The summed E-state index contributed by atoms with van der Waals surface area (Å²) >= 11 is 0. The Morgan fingerprint density at radius 2 is 0.984 bits per heavy atom. The average Bonchev–Trinajstić information content (AvgIpc) is 3.11. The van der Waals surface area contributed by atoms with E-state index in [1.807, 2.05) is 0 Å². The molecule has 0 heterocycles. The number of nitrogens with two attached hydrogens (primary N) is 1. The van der Waals surface area contributed by atoms with E-state index in [0.29, 0.717) is 30.3 Å². The van der Waals surface area contributed by atoms with Gasteiger partial charge in [-0.05, 0) is 53.9 Å². The molecule has 0 aliphatic heterocycles. The molecule has 28 nitrogen and oxygen atoms in total. The van der Waals surface area contributed by atoms with Gasteiger partial charge < -0.3 is 15.6 Å². The third kappa shape index (κ3) is 12.2. The molecule has 4 aromatic carbocycles. The quantitative estimate of drug-likeness (QED) is 0.0425. The van der Waals surface area contributed by atoms with Crippen LogP contribution in [0.15, 0.2) is 93.5 Å². The van der Waals surface area contributed by atoms with Crippen molar-refractivity contribution in [1.82, 2.24) is 0 Å². The zero-order chi connectivity index (χ0) is 47.0. The van der Waals surface area contributed by atoms with Crippen molar-refractivity contribution in [2.45, 2.75) is 24.5 Å². The molecule has 0 radical (unpaired) electrons. The van der Waals surface area contributed by atoms with E-state index in [0.717, 1.165) is 25.3 Å². The van der Waals surface area contributed by atoms with Gasteiger partial charge in [0, 0.05) is 0 Å². The van der Waals surface area contributed by atoms with Crippen molar-refractivity contribution in [2.75, 3.05) is 37.6 Å². The summed E-state index contributed by atoms with van der Waals surface area (Å²) in [5.74, 6) is -3.78. The minimum Gasteiger partial charge on any atom is -0.505 e. The average molecular weight is 1010 g/mol. The largest absolute Gasteiger partial charge is 0.505 e. The van der Waals surface area contributed by atoms with Crippen LogP contribution in [0.3, 0.4) is 0 Å². The molecule has 62 heavy (non-hydrogen) atoms. The molecule has 8 N–H and O–H groups in total. The predicted octanol–water partition coefficient (Wildman–Crippen LogP) is 1.89. The zero-order valence-corrected chi connectivity index (χ0v) is 36.0. The number of hydrogen-bond acceptors (Lipinski definition) is 23. The normalized spacial score (nSPS) is 13.6. The van der Waals surface area contributed by atoms with E-state index in [2.05, 4.69) is 28.8 Å². The maximum atomic E-state index is 12.8. The number of phenols is 1. The van der Waals surface area contributed by atoms with Gasteiger partial charge in [-0.15, -0.1) is 20.5 Å². The van der Waals surface area contributed by atoms with Gasteiger partial charge in [0.05, 0.1) is 52.7 Å². The summed E-state index contributed by atoms with van der Waals surface area (Å²) in [6, 6.07) is 5.27. The lowest BCUT2D eigenvalue weighted by atomic mass is 10.1. The fourth-order valence-electron chi connectivity index (χ4n) is 4.96. The Balaban J connectivity index is 1.94. The number of aromatic hydroxyl groups is 1. The van der Waals surface area contributed by atoms with E-state index in [-0.39, 0.29) is 5.75 Å². The van der Waals surface area contributed by atoms with Gasteiger partial charge in [0.25, 0.3) is 30.4 Å². The monoisotopic (exact) mass is 1010 g/mol. The number of nitrogen functional groups attached to an aromatic ring is 1. The van der Waals surface area contributed by atoms with Gasteiger partial charge >= 0.3 is 20.8 Å². The molecule has 0 saturated heterocycles. The van der Waals surface area contributed by atoms with E-state index in [4.69, 9.17) is 19.6 Å². The van der Waals surface area contributed by atoms with Gasteiger partial charge in [-0.25, -0.2) is 25.2 Å². The highest BCUT2D eigenvalue weighted by Crippen LogP contribution is 2.49. The topological polar surface area (TPSA) is 464 Å². The first kappa shape index (κ1) is 49.8. The molecule has 0 aliphatic rings. The Morgan fingerprint density at radius 1 is 0.548 bits per heavy atom. The lowest BCUT2D eigenvalue weighted by molar-refractivity contribution is 0.282. The second-order valence-corrected chi connectivity index (χ2v) is 22.3. The molecular formula is C27H27N5O23S7. The van der Waals surface area contributed by atoms with Crippen molar-refractivity contribution < 1.29 is 99.9 Å². The molecule has 0 saturated carbocycles. The zero-order valence-electron chi connectivity index (χ0n) is 30.3. The molecule has 0 unspecified atom stereocenters. The number of nitrogens with zero attached hydrogens (tertiary/aromatic N) is 4. The van der Waals surface area contributed by atoms with Crippen LogP contribution in [0.5, 0.6) is 11.5 Å². The summed E-state index contributed by atoms with van der Waals surface area (Å²) in [7, 11) is -34.5. The van der Waals surface area contributed by atoms with Crippen LogP contribution in [0.1, 0.15) is 0 Å². The molecule has 0 aliphatic carbocycles. The van der Waals surface area contributed by atoms with Crippen molar-refractivity contribution in [3.05, 3.63) is 48.5 Å². The fourth-order valence-corrected chi connectivity index (χ4v) is 10.0. The molecular weight excluding hydrogens is 987 g/mol. The Morgan fingerprint density at radius 3 is 1.45 bits per heavy atom. The molecule has 4 rings (SSSR count). The molecule has 0 atom stereocenters. The number of methoxy groups -OCH3 is 1. The second kappa shape index (κ2) is 17.7. The standard InChI is InChI=1S/C27H27N5O23S7/c1-53-19-5-3-15(56(34,35)8-6-54-61(47,48)49)12-18(19)30-31-25-21(59(41,42)43)10-14-11-22(60(44,45)46)26(27(33)23(14)24(25)28)32-29-17-4-2-16(13-20(17)58(38,39)40)57(36,37)9-7-55-62(50,51)52/h2-5,10-13,33H,6-9,28H2,1H3,(H,38,39,40)(H,41,42,43)(H,44,45,46)(H,47,48,49)(H,50,51,52)/b31-30+,32-29+. The molecule has 340 valence electrons. The number of benzene rings is 4. The minimum atomic E-state index is -5.53. The number of ether oxygens (including phenoxy) is 1. The first-order chi connectivity index (χ1) is 28.2. The van der Waals surface area contributed by atoms with Gasteiger partial charge in [-0.1, -0.05) is 0 Å². The Hall–Kier alpha value is -4.89. The predicted molar refractivity (Wildman–Crippen MR) is 206 cm³/mol. The maximum absolute atomic E-state index is 12.8. The highest BCUT2D eigenvalue weighted by molar-refractivity contribution is 7.92. The first-order valence-electron chi connectivity index (χ1n) is 15.6. The number of rotatable bonds is 18. The fraction of sp³-hybridized carbons (Fsp3) is 0.185. The highest BCUT2D eigenvalue weighted by Gasteiger charge is 2.29. The lowest BCUT2D eigenvalue weighted by Gasteiger charge is -2.14. The maximum Gasteiger partial charge on any atom is 0.397 e. The Kier molecular flexibility index (Phi) is 14.2. The smallest absolute Gasteiger partial charge is 0.397 e. The number of sulfone groups is 2. The van der Waals surface area contributed by atoms with Crippen LogP contribution in [0.4, 0.5) is 28.4 Å². The Labute approximate surface area is 350 Å². The van der Waals surface area contributed by atoms with Crippen LogP contribution in [0, 0.1) is 0 Å². The van der Waals surface area contributed by atoms with Crippen molar-refractivity contribution in [1.29, 1.82) is 0 Å². The van der Waals surface area contributed by atoms with Gasteiger partial charge in [0.1, 0.15) is 43.2 Å². The van der Waals surface area contributed by atoms with Crippen LogP contribution in [-0.2, 0) is 79.2 Å². The van der Waals surface area contributed by atoms with Crippen LogP contribution >= 0.6 is 0 Å². The summed E-state index contributed by atoms with van der Waals surface area (Å²) in [5, 5.41) is 24.2. The molecule has 0 amide bonds. The number of fused-ring (bicyclic) bond motifs is 1. The number of anilines is 1. The van der Waals surface area contributed by atoms with Gasteiger partial charge in [0.2, 0.25) is 0 Å². The number of phenolic OH excluding ortho intramolecular Hbond substituents is 1. The first-order valence-corrected chi connectivity index (χ1v) is 25.9. The molecule has 0 bridgehead atoms. The van der Waals surface area contributed by atoms with E-state index in [9.17, 15) is 77.7 Å². The van der Waals surface area contributed by atoms with Crippen LogP contribution < -0.4 is 10.5 Å². The van der Waals surface area contributed by atoms with Crippen molar-refractivity contribution in [3.63, 3.8) is 0 Å². The van der Waals surface area contributed by atoms with E-state index in [1.165, 1.54) is 0 Å². The molecule has 4 aromatic rings. The summed E-state index contributed by atoms with van der Waals surface area (Å²) in [6.07, 6.45) is 0. The number of hydrogen-bond donors (Lipinski definition) is 7. The second-order valence-electron chi connectivity index (χ2n) is 11.7. The highest BCUT2D eigenvalue weighted by atomic mass is 32.3. The molecule has 0 fully saturated rings. The van der Waals surface area contributed by atoms with Gasteiger partial charge in [0.15, 0.2) is 25.4 Å². The van der Waals surface area contributed by atoms with E-state index < -0.39 is 165 Å². The SMILES string of the molecule is COc1ccc(S(=O)(=O)CCOS(=O)(=O)O)cc1/N=N/c1c(S(=O)(=O)O)cc2cc(S(=O)(=O)O)c(/N=N/c3ccc(S(=O)(=O)CCOS(=O)(=O)O)cc3S(=O)(=O)O)c(O)c2c1N. The van der Waals surface area contributed by atoms with Crippen LogP contribution in [-0.4, -0.2) is 119 Å². The summed E-state index contributed by atoms with van der Waals surface area (Å²) in [6.45, 7) is -2.18. The van der Waals surface area contributed by atoms with E-state index in [1.54, 1.807) is 0 Å². The van der Waals surface area contributed by atoms with Crippen molar-refractivity contribution >= 4 is 110 Å². The molecule has 0 spiro atoms. The Bertz CT molecular complexity index is 3360. The number of azo groups is 2. The van der Waals surface area contributed by atoms with E-state index >= 15 is 0 Å². The summed E-state index contributed by atoms with van der Waals surface area (Å²) in [5.41, 5.74) is 1.46.